The van der Waals surface area contributed by atoms with E-state index in [1.54, 1.807) is 24.3 Å². The van der Waals surface area contributed by atoms with Gasteiger partial charge in [-0.1, -0.05) is 18.2 Å². The highest BCUT2D eigenvalue weighted by atomic mass is 16.2. The van der Waals surface area contributed by atoms with Gasteiger partial charge in [0.1, 0.15) is 0 Å². The summed E-state index contributed by atoms with van der Waals surface area (Å²) in [6.45, 7) is 3.63. The maximum absolute atomic E-state index is 11.9. The van der Waals surface area contributed by atoms with E-state index < -0.39 is 0 Å². The summed E-state index contributed by atoms with van der Waals surface area (Å²) < 4.78 is 0. The van der Waals surface area contributed by atoms with Crippen molar-refractivity contribution in [2.45, 2.75) is 13.8 Å². The highest BCUT2D eigenvalue weighted by Crippen LogP contribution is 2.14. The summed E-state index contributed by atoms with van der Waals surface area (Å²) in [7, 11) is 0. The normalized spacial score (nSPS) is 9.91. The Morgan fingerprint density at radius 3 is 2.09 bits per heavy atom. The van der Waals surface area contributed by atoms with Crippen LogP contribution in [0, 0.1) is 6.92 Å². The summed E-state index contributed by atoms with van der Waals surface area (Å²) >= 11 is 0. The van der Waals surface area contributed by atoms with Crippen molar-refractivity contribution < 1.29 is 9.59 Å². The third kappa shape index (κ3) is 4.63. The van der Waals surface area contributed by atoms with Gasteiger partial charge < -0.3 is 16.0 Å². The van der Waals surface area contributed by atoms with E-state index in [4.69, 9.17) is 0 Å². The molecule has 5 heteroatoms. The molecule has 0 aromatic heterocycles. The van der Waals surface area contributed by atoms with Crippen LogP contribution in [0.15, 0.2) is 48.5 Å². The Bertz CT molecular complexity index is 666. The van der Waals surface area contributed by atoms with Gasteiger partial charge in [0.25, 0.3) is 0 Å². The highest BCUT2D eigenvalue weighted by molar-refractivity contribution is 5.94. The molecule has 0 aliphatic rings. The molecule has 22 heavy (non-hydrogen) atoms. The Kier molecular flexibility index (Phi) is 5.14. The van der Waals surface area contributed by atoms with Crippen molar-refractivity contribution >= 4 is 28.9 Å². The van der Waals surface area contributed by atoms with E-state index in [-0.39, 0.29) is 18.4 Å². The molecule has 2 aromatic rings. The fourth-order valence-electron chi connectivity index (χ4n) is 1.99. The summed E-state index contributed by atoms with van der Waals surface area (Å²) in [6.07, 6.45) is 0. The van der Waals surface area contributed by atoms with Gasteiger partial charge >= 0.3 is 0 Å². The Labute approximate surface area is 129 Å². The van der Waals surface area contributed by atoms with Crippen LogP contribution in [0.3, 0.4) is 0 Å². The summed E-state index contributed by atoms with van der Waals surface area (Å²) in [5.74, 6) is -0.255. The average Bonchev–Trinajstić information content (AvgIpc) is 2.48. The fraction of sp³-hybridized carbons (Fsp3) is 0.176. The van der Waals surface area contributed by atoms with Gasteiger partial charge in [-0.2, -0.15) is 0 Å². The van der Waals surface area contributed by atoms with Gasteiger partial charge in [-0.3, -0.25) is 9.59 Å². The minimum Gasteiger partial charge on any atom is -0.376 e. The Balaban J connectivity index is 1.87. The van der Waals surface area contributed by atoms with Crippen molar-refractivity contribution in [1.29, 1.82) is 0 Å². The number of benzene rings is 2. The van der Waals surface area contributed by atoms with E-state index in [1.807, 2.05) is 31.2 Å². The smallest absolute Gasteiger partial charge is 0.243 e. The zero-order chi connectivity index (χ0) is 15.9. The predicted molar refractivity (Wildman–Crippen MR) is 89.0 cm³/mol. The number of hydrogen-bond donors (Lipinski definition) is 3. The average molecular weight is 297 g/mol. The topological polar surface area (TPSA) is 70.2 Å². The lowest BCUT2D eigenvalue weighted by Crippen LogP contribution is -2.22. The van der Waals surface area contributed by atoms with Crippen LogP contribution in [-0.4, -0.2) is 18.4 Å². The SMILES string of the molecule is CC(=O)Nc1ccc(NC(=O)CNc2ccccc2C)cc1. The minimum atomic E-state index is -0.129. The second kappa shape index (κ2) is 7.26. The molecule has 0 bridgehead atoms. The van der Waals surface area contributed by atoms with Gasteiger partial charge in [0.05, 0.1) is 6.54 Å². The molecule has 2 amide bonds. The molecular weight excluding hydrogens is 278 g/mol. The molecular formula is C17H19N3O2. The molecule has 0 radical (unpaired) electrons. The van der Waals surface area contributed by atoms with Crippen molar-refractivity contribution in [2.75, 3.05) is 22.5 Å². The highest BCUT2D eigenvalue weighted by Gasteiger charge is 2.04. The van der Waals surface area contributed by atoms with Gasteiger partial charge in [0.15, 0.2) is 0 Å². The molecule has 3 N–H and O–H groups in total. The van der Waals surface area contributed by atoms with Gasteiger partial charge in [-0.15, -0.1) is 0 Å². The van der Waals surface area contributed by atoms with Crippen LogP contribution in [0.25, 0.3) is 0 Å². The molecule has 0 aliphatic heterocycles. The van der Waals surface area contributed by atoms with Crippen molar-refractivity contribution in [2.24, 2.45) is 0 Å². The zero-order valence-electron chi connectivity index (χ0n) is 12.6. The lowest BCUT2D eigenvalue weighted by atomic mass is 10.2. The quantitative estimate of drug-likeness (QED) is 0.794. The molecule has 0 saturated carbocycles. The van der Waals surface area contributed by atoms with Gasteiger partial charge in [0, 0.05) is 24.0 Å². The molecule has 0 heterocycles. The maximum Gasteiger partial charge on any atom is 0.243 e. The summed E-state index contributed by atoms with van der Waals surface area (Å²) in [4.78, 5) is 22.9. The van der Waals surface area contributed by atoms with Crippen LogP contribution >= 0.6 is 0 Å². The molecule has 0 fully saturated rings. The second-order valence-electron chi connectivity index (χ2n) is 4.98. The van der Waals surface area contributed by atoms with E-state index in [9.17, 15) is 9.59 Å². The van der Waals surface area contributed by atoms with Crippen LogP contribution in [0.5, 0.6) is 0 Å². The molecule has 2 rings (SSSR count). The predicted octanol–water partition coefficient (Wildman–Crippen LogP) is 3.00. The van der Waals surface area contributed by atoms with Crippen molar-refractivity contribution in [3.05, 3.63) is 54.1 Å². The first-order valence-corrected chi connectivity index (χ1v) is 7.01. The van der Waals surface area contributed by atoms with E-state index in [2.05, 4.69) is 16.0 Å². The van der Waals surface area contributed by atoms with Gasteiger partial charge in [0.2, 0.25) is 11.8 Å². The zero-order valence-corrected chi connectivity index (χ0v) is 12.6. The number of aryl methyl sites for hydroxylation is 1. The lowest BCUT2D eigenvalue weighted by molar-refractivity contribution is -0.115. The Morgan fingerprint density at radius 2 is 1.50 bits per heavy atom. The van der Waals surface area contributed by atoms with Gasteiger partial charge in [-0.25, -0.2) is 0 Å². The van der Waals surface area contributed by atoms with E-state index >= 15 is 0 Å². The molecule has 114 valence electrons. The van der Waals surface area contributed by atoms with Crippen molar-refractivity contribution in [3.8, 4) is 0 Å². The van der Waals surface area contributed by atoms with Gasteiger partial charge in [-0.05, 0) is 42.8 Å². The number of amides is 2. The first-order valence-electron chi connectivity index (χ1n) is 7.01. The summed E-state index contributed by atoms with van der Waals surface area (Å²) in [5.41, 5.74) is 3.42. The molecule has 0 aliphatic carbocycles. The summed E-state index contributed by atoms with van der Waals surface area (Å²) in [6, 6.07) is 14.8. The molecule has 0 unspecified atom stereocenters. The van der Waals surface area contributed by atoms with Crippen LogP contribution in [0.2, 0.25) is 0 Å². The standard InChI is InChI=1S/C17H19N3O2/c1-12-5-3-4-6-16(12)18-11-17(22)20-15-9-7-14(8-10-15)19-13(2)21/h3-10,18H,11H2,1-2H3,(H,19,21)(H,20,22). The van der Waals surface area contributed by atoms with Crippen LogP contribution in [-0.2, 0) is 9.59 Å². The third-order valence-corrected chi connectivity index (χ3v) is 3.07. The van der Waals surface area contributed by atoms with E-state index in [0.29, 0.717) is 11.4 Å². The molecule has 5 nitrogen and oxygen atoms in total. The number of anilines is 3. The van der Waals surface area contributed by atoms with Crippen LogP contribution in [0.4, 0.5) is 17.1 Å². The number of hydrogen-bond acceptors (Lipinski definition) is 3. The molecule has 0 spiro atoms. The Morgan fingerprint density at radius 1 is 0.909 bits per heavy atom. The minimum absolute atomic E-state index is 0.126. The number of carbonyl (C=O) groups is 2. The molecule has 0 saturated heterocycles. The number of carbonyl (C=O) groups excluding carboxylic acids is 2. The van der Waals surface area contributed by atoms with E-state index in [1.165, 1.54) is 6.92 Å². The monoisotopic (exact) mass is 297 g/mol. The maximum atomic E-state index is 11.9. The van der Waals surface area contributed by atoms with E-state index in [0.717, 1.165) is 11.3 Å². The van der Waals surface area contributed by atoms with Crippen LogP contribution < -0.4 is 16.0 Å². The van der Waals surface area contributed by atoms with Crippen molar-refractivity contribution in [3.63, 3.8) is 0 Å². The number of nitrogens with one attached hydrogen (secondary N) is 3. The molecule has 0 atom stereocenters. The third-order valence-electron chi connectivity index (χ3n) is 3.07. The lowest BCUT2D eigenvalue weighted by Gasteiger charge is -2.10. The first kappa shape index (κ1) is 15.6. The second-order valence-corrected chi connectivity index (χ2v) is 4.98. The summed E-state index contributed by atoms with van der Waals surface area (Å²) in [5, 5.41) is 8.57. The molecule has 2 aromatic carbocycles. The number of para-hydroxylation sites is 1. The Hall–Kier alpha value is -2.82. The first-order chi connectivity index (χ1) is 10.5. The van der Waals surface area contributed by atoms with Crippen molar-refractivity contribution in [1.82, 2.24) is 0 Å². The number of rotatable bonds is 5. The largest absolute Gasteiger partial charge is 0.376 e. The fourth-order valence-corrected chi connectivity index (χ4v) is 1.99. The van der Waals surface area contributed by atoms with Crippen LogP contribution in [0.1, 0.15) is 12.5 Å².